The van der Waals surface area contributed by atoms with E-state index in [9.17, 15) is 0 Å². The number of thiophene rings is 1. The van der Waals surface area contributed by atoms with Crippen LogP contribution in [0.25, 0.3) is 11.4 Å². The average molecular weight is 390 g/mol. The molecule has 0 amide bonds. The Morgan fingerprint density at radius 3 is 2.96 bits per heavy atom. The Balaban J connectivity index is 1.51. The first-order valence-electron chi connectivity index (χ1n) is 8.25. The molecular weight excluding hydrogens is 370 g/mol. The molecule has 0 radical (unpaired) electrons. The summed E-state index contributed by atoms with van der Waals surface area (Å²) in [5.41, 5.74) is 0.836. The highest BCUT2D eigenvalue weighted by Gasteiger charge is 2.11. The number of halogens is 1. The van der Waals surface area contributed by atoms with E-state index >= 15 is 0 Å². The lowest BCUT2D eigenvalue weighted by Gasteiger charge is -2.16. The molecule has 8 heteroatoms. The molecule has 6 nitrogen and oxygen atoms in total. The molecule has 2 aromatic heterocycles. The van der Waals surface area contributed by atoms with E-state index in [1.165, 1.54) is 4.88 Å². The smallest absolute Gasteiger partial charge is 0.228 e. The van der Waals surface area contributed by atoms with E-state index in [1.54, 1.807) is 18.4 Å². The van der Waals surface area contributed by atoms with Crippen LogP contribution < -0.4 is 10.6 Å². The van der Waals surface area contributed by atoms with Gasteiger partial charge >= 0.3 is 0 Å². The second-order valence-electron chi connectivity index (χ2n) is 5.65. The first-order valence-corrected chi connectivity index (χ1v) is 9.50. The lowest BCUT2D eigenvalue weighted by atomic mass is 10.2. The number of nitrogens with one attached hydrogen (secondary N) is 2. The van der Waals surface area contributed by atoms with Crippen LogP contribution in [0.15, 0.2) is 51.3 Å². The average Bonchev–Trinajstić information content (AvgIpc) is 3.33. The summed E-state index contributed by atoms with van der Waals surface area (Å²) in [6.07, 6.45) is 0.599. The van der Waals surface area contributed by atoms with Crippen molar-refractivity contribution in [3.05, 3.63) is 57.6 Å². The summed E-state index contributed by atoms with van der Waals surface area (Å²) in [6.45, 7) is 2.74. The number of nitrogens with zero attached hydrogens (tertiary/aromatic N) is 3. The van der Waals surface area contributed by atoms with Crippen LogP contribution in [-0.2, 0) is 6.42 Å². The van der Waals surface area contributed by atoms with E-state index in [0.717, 1.165) is 11.5 Å². The van der Waals surface area contributed by atoms with E-state index in [0.29, 0.717) is 29.7 Å². The molecule has 0 aliphatic carbocycles. The molecule has 2 heterocycles. The second kappa shape index (κ2) is 8.82. The Labute approximate surface area is 161 Å². The van der Waals surface area contributed by atoms with Crippen LogP contribution >= 0.6 is 22.9 Å². The maximum Gasteiger partial charge on any atom is 0.228 e. The molecule has 3 rings (SSSR count). The topological polar surface area (TPSA) is 75.3 Å². The standard InChI is InChI=1S/C18H20ClN5OS/c1-12(15-7-4-10-26-15)22-18(20-2)21-9-8-16-23-17(24-25-16)13-5-3-6-14(19)11-13/h3-7,10-12H,8-9H2,1-2H3,(H2,20,21,22). The van der Waals surface area contributed by atoms with Gasteiger partial charge in [0.25, 0.3) is 0 Å². The highest BCUT2D eigenvalue weighted by Crippen LogP contribution is 2.20. The monoisotopic (exact) mass is 389 g/mol. The number of rotatable bonds is 6. The Morgan fingerprint density at radius 1 is 1.35 bits per heavy atom. The number of guanidine groups is 1. The quantitative estimate of drug-likeness (QED) is 0.493. The van der Waals surface area contributed by atoms with Gasteiger partial charge in [0.1, 0.15) is 0 Å². The van der Waals surface area contributed by atoms with Crippen LogP contribution in [0.1, 0.15) is 23.7 Å². The van der Waals surface area contributed by atoms with Crippen molar-refractivity contribution in [3.8, 4) is 11.4 Å². The third kappa shape index (κ3) is 4.83. The second-order valence-corrected chi connectivity index (χ2v) is 7.07. The highest BCUT2D eigenvalue weighted by atomic mass is 35.5. The number of benzene rings is 1. The van der Waals surface area contributed by atoms with Gasteiger partial charge in [-0.2, -0.15) is 4.98 Å². The van der Waals surface area contributed by atoms with Crippen molar-refractivity contribution < 1.29 is 4.52 Å². The van der Waals surface area contributed by atoms with E-state index in [1.807, 2.05) is 30.3 Å². The first kappa shape index (κ1) is 18.4. The fraction of sp³-hybridized carbons (Fsp3) is 0.278. The van der Waals surface area contributed by atoms with Crippen LogP contribution in [0.4, 0.5) is 0 Å². The van der Waals surface area contributed by atoms with Crippen molar-refractivity contribution in [2.75, 3.05) is 13.6 Å². The normalized spacial score (nSPS) is 12.8. The summed E-state index contributed by atoms with van der Waals surface area (Å²) in [5.74, 6) is 1.84. The van der Waals surface area contributed by atoms with Crippen molar-refractivity contribution in [2.45, 2.75) is 19.4 Å². The predicted octanol–water partition coefficient (Wildman–Crippen LogP) is 3.92. The molecule has 136 valence electrons. The van der Waals surface area contributed by atoms with Gasteiger partial charge in [-0.1, -0.05) is 35.0 Å². The molecular formula is C18H20ClN5OS. The van der Waals surface area contributed by atoms with E-state index in [4.69, 9.17) is 16.1 Å². The number of aliphatic imine (C=N–C) groups is 1. The van der Waals surface area contributed by atoms with Gasteiger partial charge in [-0.3, -0.25) is 4.99 Å². The third-order valence-electron chi connectivity index (χ3n) is 3.73. The van der Waals surface area contributed by atoms with Crippen molar-refractivity contribution >= 4 is 28.9 Å². The molecule has 1 unspecified atom stereocenters. The van der Waals surface area contributed by atoms with E-state index in [-0.39, 0.29) is 6.04 Å². The molecule has 0 aliphatic rings. The zero-order valence-corrected chi connectivity index (χ0v) is 16.1. The van der Waals surface area contributed by atoms with Gasteiger partial charge < -0.3 is 15.2 Å². The fourth-order valence-corrected chi connectivity index (χ4v) is 3.32. The zero-order chi connectivity index (χ0) is 18.4. The maximum atomic E-state index is 6.00. The number of hydrogen-bond donors (Lipinski definition) is 2. The summed E-state index contributed by atoms with van der Waals surface area (Å²) >= 11 is 7.72. The molecule has 0 saturated heterocycles. The van der Waals surface area contributed by atoms with Crippen molar-refractivity contribution in [2.24, 2.45) is 4.99 Å². The molecule has 0 saturated carbocycles. The molecule has 2 N–H and O–H groups in total. The van der Waals surface area contributed by atoms with Gasteiger partial charge in [0.05, 0.1) is 6.04 Å². The van der Waals surface area contributed by atoms with Crippen LogP contribution in [0.2, 0.25) is 5.02 Å². The summed E-state index contributed by atoms with van der Waals surface area (Å²) in [4.78, 5) is 9.92. The van der Waals surface area contributed by atoms with Gasteiger partial charge in [0.2, 0.25) is 11.7 Å². The Kier molecular flexibility index (Phi) is 6.25. The molecule has 0 fully saturated rings. The van der Waals surface area contributed by atoms with Crippen LogP contribution in [-0.4, -0.2) is 29.7 Å². The Hall–Kier alpha value is -2.38. The lowest BCUT2D eigenvalue weighted by molar-refractivity contribution is 0.378. The Morgan fingerprint density at radius 2 is 2.23 bits per heavy atom. The van der Waals surface area contributed by atoms with Gasteiger partial charge in [0, 0.05) is 35.5 Å². The largest absolute Gasteiger partial charge is 0.356 e. The summed E-state index contributed by atoms with van der Waals surface area (Å²) in [5, 5.41) is 13.3. The molecule has 0 aliphatic heterocycles. The van der Waals surface area contributed by atoms with Gasteiger partial charge in [-0.15, -0.1) is 11.3 Å². The lowest BCUT2D eigenvalue weighted by Crippen LogP contribution is -2.39. The number of aromatic nitrogens is 2. The summed E-state index contributed by atoms with van der Waals surface area (Å²) in [7, 11) is 1.75. The van der Waals surface area contributed by atoms with Crippen LogP contribution in [0.3, 0.4) is 0 Å². The zero-order valence-electron chi connectivity index (χ0n) is 14.6. The maximum absolute atomic E-state index is 6.00. The predicted molar refractivity (Wildman–Crippen MR) is 106 cm³/mol. The molecule has 26 heavy (non-hydrogen) atoms. The van der Waals surface area contributed by atoms with Crippen LogP contribution in [0.5, 0.6) is 0 Å². The van der Waals surface area contributed by atoms with Crippen molar-refractivity contribution in [1.82, 2.24) is 20.8 Å². The molecule has 1 aromatic carbocycles. The van der Waals surface area contributed by atoms with E-state index < -0.39 is 0 Å². The molecule has 0 spiro atoms. The first-order chi connectivity index (χ1) is 12.7. The highest BCUT2D eigenvalue weighted by molar-refractivity contribution is 7.10. The number of hydrogen-bond acceptors (Lipinski definition) is 5. The molecule has 1 atom stereocenters. The minimum Gasteiger partial charge on any atom is -0.356 e. The Bertz CT molecular complexity index is 862. The van der Waals surface area contributed by atoms with Crippen molar-refractivity contribution in [3.63, 3.8) is 0 Å². The summed E-state index contributed by atoms with van der Waals surface area (Å²) < 4.78 is 5.31. The fourth-order valence-electron chi connectivity index (χ4n) is 2.40. The van der Waals surface area contributed by atoms with Gasteiger partial charge in [0.15, 0.2) is 5.96 Å². The van der Waals surface area contributed by atoms with E-state index in [2.05, 4.69) is 44.1 Å². The third-order valence-corrected chi connectivity index (χ3v) is 5.02. The minimum atomic E-state index is 0.194. The van der Waals surface area contributed by atoms with Gasteiger partial charge in [-0.05, 0) is 30.5 Å². The molecule has 0 bridgehead atoms. The van der Waals surface area contributed by atoms with Crippen LogP contribution in [0, 0.1) is 0 Å². The molecule has 3 aromatic rings. The summed E-state index contributed by atoms with van der Waals surface area (Å²) in [6, 6.07) is 11.7. The SMILES string of the molecule is CN=C(NCCc1nc(-c2cccc(Cl)c2)no1)NC(C)c1cccs1. The van der Waals surface area contributed by atoms with Gasteiger partial charge in [-0.25, -0.2) is 0 Å². The van der Waals surface area contributed by atoms with Crippen molar-refractivity contribution in [1.29, 1.82) is 0 Å². The minimum absolute atomic E-state index is 0.194.